The largest absolute Gasteiger partial charge is 0.387 e. The summed E-state index contributed by atoms with van der Waals surface area (Å²) in [6.45, 7) is 4.74. The van der Waals surface area contributed by atoms with Gasteiger partial charge in [-0.05, 0) is 48.8 Å². The predicted molar refractivity (Wildman–Crippen MR) is 81.6 cm³/mol. The second-order valence-electron chi connectivity index (χ2n) is 6.53. The summed E-state index contributed by atoms with van der Waals surface area (Å²) in [4.78, 5) is 0.326. The Morgan fingerprint density at radius 1 is 1.29 bits per heavy atom. The lowest BCUT2D eigenvalue weighted by Crippen LogP contribution is -2.64. The van der Waals surface area contributed by atoms with E-state index in [-0.39, 0.29) is 13.1 Å². The highest BCUT2D eigenvalue weighted by molar-refractivity contribution is 7.89. The fraction of sp³-hybridized carbons (Fsp3) is 0.625. The monoisotopic (exact) mass is 309 g/mol. The van der Waals surface area contributed by atoms with E-state index in [1.807, 2.05) is 12.1 Å². The Morgan fingerprint density at radius 2 is 1.86 bits per heavy atom. The minimum atomic E-state index is -3.45. The van der Waals surface area contributed by atoms with Crippen LogP contribution in [0.3, 0.4) is 0 Å². The fourth-order valence-electron chi connectivity index (χ4n) is 2.97. The molecule has 2 aliphatic rings. The summed E-state index contributed by atoms with van der Waals surface area (Å²) in [5, 5.41) is 10.3. The van der Waals surface area contributed by atoms with Gasteiger partial charge in [0.25, 0.3) is 0 Å². The van der Waals surface area contributed by atoms with Crippen molar-refractivity contribution < 1.29 is 13.5 Å². The number of hydrogen-bond donors (Lipinski definition) is 1. The highest BCUT2D eigenvalue weighted by Crippen LogP contribution is 2.45. The molecule has 1 N–H and O–H groups in total. The Morgan fingerprint density at radius 3 is 2.33 bits per heavy atom. The van der Waals surface area contributed by atoms with Crippen LogP contribution < -0.4 is 0 Å². The van der Waals surface area contributed by atoms with E-state index < -0.39 is 15.6 Å². The van der Waals surface area contributed by atoms with E-state index in [2.05, 4.69) is 13.8 Å². The van der Waals surface area contributed by atoms with Crippen LogP contribution in [0.1, 0.15) is 44.6 Å². The van der Waals surface area contributed by atoms with Crippen LogP contribution in [0.5, 0.6) is 0 Å². The molecule has 1 atom stereocenters. The lowest BCUT2D eigenvalue weighted by molar-refractivity contribution is -0.0764. The first-order valence-electron chi connectivity index (χ1n) is 7.69. The summed E-state index contributed by atoms with van der Waals surface area (Å²) in [5.41, 5.74) is 0.388. The summed E-state index contributed by atoms with van der Waals surface area (Å²) in [7, 11) is -3.45. The highest BCUT2D eigenvalue weighted by Gasteiger charge is 2.55. The maximum atomic E-state index is 12.5. The first kappa shape index (κ1) is 15.0. The average molecular weight is 309 g/mol. The minimum Gasteiger partial charge on any atom is -0.387 e. The average Bonchev–Trinajstić information content (AvgIpc) is 3.28. The third-order valence-corrected chi connectivity index (χ3v) is 6.74. The zero-order chi connectivity index (χ0) is 15.3. The van der Waals surface area contributed by atoms with Crippen molar-refractivity contribution in [1.29, 1.82) is 0 Å². The quantitative estimate of drug-likeness (QED) is 0.908. The van der Waals surface area contributed by atoms with Crippen molar-refractivity contribution in [1.82, 2.24) is 4.31 Å². The molecule has 1 aliphatic heterocycles. The molecule has 21 heavy (non-hydrogen) atoms. The molecule has 0 amide bonds. The van der Waals surface area contributed by atoms with Crippen LogP contribution in [0.25, 0.3) is 0 Å². The molecule has 1 aliphatic carbocycles. The molecule has 0 radical (unpaired) electrons. The van der Waals surface area contributed by atoms with Gasteiger partial charge in [0.05, 0.1) is 10.5 Å². The maximum absolute atomic E-state index is 12.5. The Balaban J connectivity index is 1.73. The van der Waals surface area contributed by atoms with Crippen molar-refractivity contribution >= 4 is 10.0 Å². The Kier molecular flexibility index (Phi) is 3.62. The maximum Gasteiger partial charge on any atom is 0.243 e. The van der Waals surface area contributed by atoms with Crippen molar-refractivity contribution in [3.05, 3.63) is 29.8 Å². The number of nitrogens with zero attached hydrogens (tertiary/aromatic N) is 1. The second kappa shape index (κ2) is 5.07. The van der Waals surface area contributed by atoms with E-state index in [0.717, 1.165) is 24.8 Å². The van der Waals surface area contributed by atoms with Crippen molar-refractivity contribution in [2.75, 3.05) is 13.1 Å². The van der Waals surface area contributed by atoms with Gasteiger partial charge in [0.1, 0.15) is 0 Å². The Labute approximate surface area is 126 Å². The molecule has 1 aromatic carbocycles. The van der Waals surface area contributed by atoms with Crippen LogP contribution in [-0.2, 0) is 10.0 Å². The highest BCUT2D eigenvalue weighted by atomic mass is 32.2. The number of sulfonamides is 1. The fourth-order valence-corrected chi connectivity index (χ4v) is 4.53. The molecule has 1 saturated carbocycles. The molecule has 3 rings (SSSR count). The van der Waals surface area contributed by atoms with Gasteiger partial charge in [-0.3, -0.25) is 0 Å². The van der Waals surface area contributed by atoms with Gasteiger partial charge >= 0.3 is 0 Å². The molecule has 2 fully saturated rings. The molecule has 0 spiro atoms. The standard InChI is InChI=1S/C16H23NO3S/c1-3-12(2)13-4-8-15(9-5-13)21(19,20)17-10-16(18,11-17)14-6-7-14/h4-5,8-9,12,14,18H,3,6-7,10-11H2,1-2H3. The van der Waals surface area contributed by atoms with Gasteiger partial charge < -0.3 is 5.11 Å². The number of β-amino-alcohol motifs (C(OH)–C–C–N with tert-alkyl or cyclic N) is 1. The van der Waals surface area contributed by atoms with Crippen molar-refractivity contribution in [2.24, 2.45) is 5.92 Å². The lowest BCUT2D eigenvalue weighted by atomic mass is 9.91. The van der Waals surface area contributed by atoms with Crippen LogP contribution in [-0.4, -0.2) is 36.5 Å². The molecule has 1 unspecified atom stereocenters. The normalized spacial score (nSPS) is 23.6. The second-order valence-corrected chi connectivity index (χ2v) is 8.47. The molecular weight excluding hydrogens is 286 g/mol. The minimum absolute atomic E-state index is 0.243. The van der Waals surface area contributed by atoms with E-state index in [1.165, 1.54) is 4.31 Å². The van der Waals surface area contributed by atoms with Crippen molar-refractivity contribution in [3.63, 3.8) is 0 Å². The number of aliphatic hydroxyl groups is 1. The Hall–Kier alpha value is -0.910. The summed E-state index contributed by atoms with van der Waals surface area (Å²) < 4.78 is 26.4. The van der Waals surface area contributed by atoms with E-state index in [1.54, 1.807) is 12.1 Å². The first-order chi connectivity index (χ1) is 9.87. The van der Waals surface area contributed by atoms with Gasteiger partial charge in [0.15, 0.2) is 0 Å². The van der Waals surface area contributed by atoms with Gasteiger partial charge in [-0.25, -0.2) is 8.42 Å². The third-order valence-electron chi connectivity index (χ3n) is 4.94. The molecule has 116 valence electrons. The van der Waals surface area contributed by atoms with Crippen LogP contribution in [0, 0.1) is 5.92 Å². The topological polar surface area (TPSA) is 57.6 Å². The summed E-state index contributed by atoms with van der Waals surface area (Å²) in [5.74, 6) is 0.738. The molecule has 0 bridgehead atoms. The summed E-state index contributed by atoms with van der Waals surface area (Å²) in [6.07, 6.45) is 3.08. The zero-order valence-corrected chi connectivity index (χ0v) is 13.4. The van der Waals surface area contributed by atoms with Crippen molar-refractivity contribution in [2.45, 2.75) is 49.5 Å². The predicted octanol–water partition coefficient (Wildman–Crippen LogP) is 2.35. The van der Waals surface area contributed by atoms with Crippen LogP contribution in [0.15, 0.2) is 29.2 Å². The van der Waals surface area contributed by atoms with Gasteiger partial charge in [0.2, 0.25) is 10.0 Å². The van der Waals surface area contributed by atoms with Crippen molar-refractivity contribution in [3.8, 4) is 0 Å². The molecule has 1 saturated heterocycles. The molecule has 1 heterocycles. The smallest absolute Gasteiger partial charge is 0.243 e. The lowest BCUT2D eigenvalue weighted by Gasteiger charge is -2.45. The van der Waals surface area contributed by atoms with E-state index >= 15 is 0 Å². The molecule has 4 nitrogen and oxygen atoms in total. The van der Waals surface area contributed by atoms with E-state index in [4.69, 9.17) is 0 Å². The molecule has 1 aromatic rings. The van der Waals surface area contributed by atoms with E-state index in [9.17, 15) is 13.5 Å². The van der Waals surface area contributed by atoms with Crippen LogP contribution >= 0.6 is 0 Å². The molecule has 5 heteroatoms. The van der Waals surface area contributed by atoms with Gasteiger partial charge in [-0.2, -0.15) is 4.31 Å². The summed E-state index contributed by atoms with van der Waals surface area (Å²) >= 11 is 0. The number of hydrogen-bond acceptors (Lipinski definition) is 3. The van der Waals surface area contributed by atoms with Gasteiger partial charge in [0, 0.05) is 13.1 Å². The number of benzene rings is 1. The van der Waals surface area contributed by atoms with Crippen LogP contribution in [0.4, 0.5) is 0 Å². The SMILES string of the molecule is CCC(C)c1ccc(S(=O)(=O)N2CC(O)(C3CC3)C2)cc1. The Bertz CT molecular complexity index is 613. The molecular formula is C16H23NO3S. The van der Waals surface area contributed by atoms with Gasteiger partial charge in [-0.15, -0.1) is 0 Å². The first-order valence-corrected chi connectivity index (χ1v) is 9.13. The summed E-state index contributed by atoms with van der Waals surface area (Å²) in [6, 6.07) is 7.17. The third kappa shape index (κ3) is 2.62. The van der Waals surface area contributed by atoms with Gasteiger partial charge in [-0.1, -0.05) is 26.0 Å². The zero-order valence-electron chi connectivity index (χ0n) is 12.6. The van der Waals surface area contributed by atoms with Crippen LogP contribution in [0.2, 0.25) is 0 Å². The van der Waals surface area contributed by atoms with E-state index in [0.29, 0.717) is 16.7 Å². The molecule has 0 aromatic heterocycles. The number of rotatable bonds is 5.